The van der Waals surface area contributed by atoms with Gasteiger partial charge in [-0.2, -0.15) is 13.2 Å². The Kier molecular flexibility index (Phi) is 5.46. The number of halogens is 5. The Morgan fingerprint density at radius 3 is 2.16 bits per heavy atom. The Hall–Kier alpha value is -0.980. The number of benzene rings is 1. The maximum Gasteiger partial charge on any atom is 0.389 e. The van der Waals surface area contributed by atoms with Crippen molar-refractivity contribution in [3.63, 3.8) is 0 Å². The molecule has 0 radical (unpaired) electrons. The van der Waals surface area contributed by atoms with Gasteiger partial charge in [0.2, 0.25) is 0 Å². The highest BCUT2D eigenvalue weighted by molar-refractivity contribution is 9.09. The van der Waals surface area contributed by atoms with E-state index in [1.165, 1.54) is 20.3 Å². The molecule has 0 aliphatic heterocycles. The van der Waals surface area contributed by atoms with Gasteiger partial charge in [0, 0.05) is 22.9 Å². The molecule has 1 unspecified atom stereocenters. The summed E-state index contributed by atoms with van der Waals surface area (Å²) in [6.45, 7) is 0. The molecule has 19 heavy (non-hydrogen) atoms. The summed E-state index contributed by atoms with van der Waals surface area (Å²) in [7, 11) is 2.73. The summed E-state index contributed by atoms with van der Waals surface area (Å²) in [6, 6.07) is 2.43. The lowest BCUT2D eigenvalue weighted by Gasteiger charge is -2.15. The topological polar surface area (TPSA) is 18.5 Å². The van der Waals surface area contributed by atoms with Crippen LogP contribution in [0, 0.1) is 5.82 Å². The van der Waals surface area contributed by atoms with Gasteiger partial charge in [-0.15, -0.1) is 0 Å². The molecule has 1 rings (SSSR count). The van der Waals surface area contributed by atoms with Crippen LogP contribution in [-0.2, 0) is 0 Å². The van der Waals surface area contributed by atoms with Crippen LogP contribution < -0.4 is 9.47 Å². The van der Waals surface area contributed by atoms with Crippen molar-refractivity contribution >= 4 is 15.9 Å². The highest BCUT2D eigenvalue weighted by Crippen LogP contribution is 2.38. The number of alkyl halides is 4. The molecule has 2 nitrogen and oxygen atoms in total. The first-order valence-corrected chi connectivity index (χ1v) is 6.32. The number of hydrogen-bond donors (Lipinski definition) is 0. The van der Waals surface area contributed by atoms with Crippen LogP contribution in [0.5, 0.6) is 11.5 Å². The predicted octanol–water partition coefficient (Wildman–Crippen LogP) is 4.62. The average molecular weight is 345 g/mol. The molecule has 0 saturated carbocycles. The van der Waals surface area contributed by atoms with Gasteiger partial charge in [-0.1, -0.05) is 15.9 Å². The first kappa shape index (κ1) is 16.1. The Labute approximate surface area is 116 Å². The zero-order valence-electron chi connectivity index (χ0n) is 10.4. The van der Waals surface area contributed by atoms with Gasteiger partial charge < -0.3 is 9.47 Å². The molecule has 0 bridgehead atoms. The zero-order chi connectivity index (χ0) is 14.6. The van der Waals surface area contributed by atoms with E-state index in [0.29, 0.717) is 0 Å². The highest BCUT2D eigenvalue weighted by Gasteiger charge is 2.29. The summed E-state index contributed by atoms with van der Waals surface area (Å²) in [5.74, 6) is -0.170. The van der Waals surface area contributed by atoms with Crippen LogP contribution in [0.25, 0.3) is 0 Å². The summed E-state index contributed by atoms with van der Waals surface area (Å²) in [6.07, 6.45) is -5.51. The van der Waals surface area contributed by atoms with E-state index in [0.717, 1.165) is 6.07 Å². The molecule has 7 heteroatoms. The fraction of sp³-hybridized carbons (Fsp3) is 0.500. The van der Waals surface area contributed by atoms with Crippen molar-refractivity contribution in [2.24, 2.45) is 0 Å². The second kappa shape index (κ2) is 6.45. The highest BCUT2D eigenvalue weighted by atomic mass is 79.9. The Bertz CT molecular complexity index is 434. The van der Waals surface area contributed by atoms with Crippen LogP contribution in [0.3, 0.4) is 0 Å². The minimum atomic E-state index is -4.26. The third kappa shape index (κ3) is 4.56. The van der Waals surface area contributed by atoms with Crippen LogP contribution in [0.2, 0.25) is 0 Å². The van der Waals surface area contributed by atoms with Gasteiger partial charge in [0.05, 0.1) is 14.2 Å². The van der Waals surface area contributed by atoms with Crippen LogP contribution in [0.1, 0.15) is 23.2 Å². The maximum absolute atomic E-state index is 13.8. The Morgan fingerprint density at radius 1 is 1.16 bits per heavy atom. The largest absolute Gasteiger partial charge is 0.493 e. The second-order valence-electron chi connectivity index (χ2n) is 3.85. The van der Waals surface area contributed by atoms with Gasteiger partial charge in [0.1, 0.15) is 5.82 Å². The van der Waals surface area contributed by atoms with Crippen molar-refractivity contribution < 1.29 is 27.0 Å². The number of hydrogen-bond acceptors (Lipinski definition) is 2. The van der Waals surface area contributed by atoms with Crippen LogP contribution in [0.4, 0.5) is 17.6 Å². The van der Waals surface area contributed by atoms with Gasteiger partial charge in [-0.25, -0.2) is 4.39 Å². The molecule has 1 aromatic rings. The fourth-order valence-corrected chi connectivity index (χ4v) is 2.14. The van der Waals surface area contributed by atoms with Crippen molar-refractivity contribution in [2.75, 3.05) is 14.2 Å². The molecular formula is C12H13BrF4O2. The Balaban J connectivity index is 2.93. The van der Waals surface area contributed by atoms with E-state index in [4.69, 9.17) is 9.47 Å². The number of rotatable bonds is 5. The van der Waals surface area contributed by atoms with E-state index in [1.807, 2.05) is 0 Å². The van der Waals surface area contributed by atoms with Crippen LogP contribution in [-0.4, -0.2) is 20.4 Å². The van der Waals surface area contributed by atoms with E-state index < -0.39 is 23.2 Å². The van der Waals surface area contributed by atoms with E-state index in [2.05, 4.69) is 15.9 Å². The average Bonchev–Trinajstić information content (AvgIpc) is 2.34. The lowest BCUT2D eigenvalue weighted by atomic mass is 10.1. The molecule has 0 fully saturated rings. The normalized spacial score (nSPS) is 13.2. The molecule has 0 amide bonds. The first-order chi connectivity index (χ1) is 8.78. The molecule has 1 atom stereocenters. The van der Waals surface area contributed by atoms with Crippen molar-refractivity contribution in [3.8, 4) is 11.5 Å². The second-order valence-corrected chi connectivity index (χ2v) is 4.96. The van der Waals surface area contributed by atoms with Crippen molar-refractivity contribution in [1.82, 2.24) is 0 Å². The molecule has 0 aromatic heterocycles. The lowest BCUT2D eigenvalue weighted by Crippen LogP contribution is -2.09. The molecule has 0 spiro atoms. The minimum absolute atomic E-state index is 0.113. The quantitative estimate of drug-likeness (QED) is 0.573. The van der Waals surface area contributed by atoms with Gasteiger partial charge in [-0.05, 0) is 12.5 Å². The smallest absolute Gasteiger partial charge is 0.389 e. The van der Waals surface area contributed by atoms with E-state index in [1.54, 1.807) is 0 Å². The van der Waals surface area contributed by atoms with E-state index in [9.17, 15) is 17.6 Å². The SMILES string of the molecule is COc1cc(F)c(C(Br)CCC(F)(F)F)cc1OC. The molecule has 0 N–H and O–H groups in total. The van der Waals surface area contributed by atoms with Crippen molar-refractivity contribution in [2.45, 2.75) is 23.8 Å². The number of ether oxygens (including phenoxy) is 2. The summed E-state index contributed by atoms with van der Waals surface area (Å²) in [4.78, 5) is -0.742. The van der Waals surface area contributed by atoms with Crippen LogP contribution in [0.15, 0.2) is 12.1 Å². The van der Waals surface area contributed by atoms with Crippen molar-refractivity contribution in [1.29, 1.82) is 0 Å². The minimum Gasteiger partial charge on any atom is -0.493 e. The van der Waals surface area contributed by atoms with Crippen molar-refractivity contribution in [3.05, 3.63) is 23.5 Å². The number of methoxy groups -OCH3 is 2. The molecule has 0 heterocycles. The van der Waals surface area contributed by atoms with Gasteiger partial charge in [0.25, 0.3) is 0 Å². The molecule has 0 aliphatic rings. The third-order valence-electron chi connectivity index (χ3n) is 2.52. The van der Waals surface area contributed by atoms with Gasteiger partial charge in [-0.3, -0.25) is 0 Å². The molecular weight excluding hydrogens is 332 g/mol. The standard InChI is InChI=1S/C12H13BrF4O2/c1-18-10-5-7(9(14)6-11(10)19-2)8(13)3-4-12(15,16)17/h5-6,8H,3-4H2,1-2H3. The van der Waals surface area contributed by atoms with E-state index in [-0.39, 0.29) is 23.5 Å². The summed E-state index contributed by atoms with van der Waals surface area (Å²) in [5, 5.41) is 0. The lowest BCUT2D eigenvalue weighted by molar-refractivity contribution is -0.135. The van der Waals surface area contributed by atoms with E-state index >= 15 is 0 Å². The molecule has 108 valence electrons. The Morgan fingerprint density at radius 2 is 1.68 bits per heavy atom. The fourth-order valence-electron chi connectivity index (χ4n) is 1.56. The summed E-state index contributed by atoms with van der Waals surface area (Å²) >= 11 is 3.06. The monoisotopic (exact) mass is 344 g/mol. The van der Waals surface area contributed by atoms with Crippen LogP contribution >= 0.6 is 15.9 Å². The summed E-state index contributed by atoms with van der Waals surface area (Å²) in [5.41, 5.74) is 0.113. The third-order valence-corrected chi connectivity index (χ3v) is 3.47. The molecule has 0 saturated heterocycles. The summed E-state index contributed by atoms with van der Waals surface area (Å²) < 4.78 is 60.1. The first-order valence-electron chi connectivity index (χ1n) is 5.40. The molecule has 1 aromatic carbocycles. The maximum atomic E-state index is 13.8. The molecule has 0 aliphatic carbocycles. The zero-order valence-corrected chi connectivity index (χ0v) is 11.9. The van der Waals surface area contributed by atoms with Gasteiger partial charge in [0.15, 0.2) is 11.5 Å². The predicted molar refractivity (Wildman–Crippen MR) is 66.5 cm³/mol. The van der Waals surface area contributed by atoms with Gasteiger partial charge >= 0.3 is 6.18 Å².